The zero-order valence-corrected chi connectivity index (χ0v) is 14.7. The lowest BCUT2D eigenvalue weighted by atomic mass is 9.98. The number of amides is 2. The number of hydrogen-bond acceptors (Lipinski definition) is 5. The third-order valence-electron chi connectivity index (χ3n) is 4.46. The summed E-state index contributed by atoms with van der Waals surface area (Å²) in [5.74, 6) is 1.03. The molecule has 0 radical (unpaired) electrons. The lowest BCUT2D eigenvalue weighted by Crippen LogP contribution is -2.54. The molecule has 0 saturated carbocycles. The summed E-state index contributed by atoms with van der Waals surface area (Å²) in [6.07, 6.45) is 4.50. The number of nitrogens with one attached hydrogen (secondary N) is 2. The summed E-state index contributed by atoms with van der Waals surface area (Å²) in [6.45, 7) is 10.9. The molecule has 1 saturated heterocycles. The Morgan fingerprint density at radius 1 is 1.35 bits per heavy atom. The highest BCUT2D eigenvalue weighted by atomic mass is 16.5. The fourth-order valence-corrected chi connectivity index (χ4v) is 2.92. The van der Waals surface area contributed by atoms with Gasteiger partial charge in [0.1, 0.15) is 0 Å². The van der Waals surface area contributed by atoms with E-state index in [1.807, 2.05) is 6.92 Å². The van der Waals surface area contributed by atoms with Crippen LogP contribution in [-0.2, 0) is 0 Å². The molecule has 0 aromatic carbocycles. The summed E-state index contributed by atoms with van der Waals surface area (Å²) in [6, 6.07) is -0.421. The summed E-state index contributed by atoms with van der Waals surface area (Å²) in [4.78, 5) is 18.8. The summed E-state index contributed by atoms with van der Waals surface area (Å²) in [5, 5.41) is 9.79. The lowest BCUT2D eigenvalue weighted by Gasteiger charge is -2.41. The van der Waals surface area contributed by atoms with Crippen LogP contribution in [-0.4, -0.2) is 46.2 Å². The van der Waals surface area contributed by atoms with Crippen LogP contribution >= 0.6 is 0 Å². The highest BCUT2D eigenvalue weighted by Crippen LogP contribution is 2.20. The van der Waals surface area contributed by atoms with Gasteiger partial charge in [-0.1, -0.05) is 18.5 Å². The maximum Gasteiger partial charge on any atom is 0.315 e. The molecular weight excluding hydrogens is 294 g/mol. The highest BCUT2D eigenvalue weighted by Gasteiger charge is 2.28. The van der Waals surface area contributed by atoms with E-state index in [9.17, 15) is 4.79 Å². The number of carbonyl (C=O) groups excluding carboxylic acids is 1. The average Bonchev–Trinajstić information content (AvgIpc) is 2.98. The first kappa shape index (κ1) is 17.7. The Bertz CT molecular complexity index is 508. The first-order valence-electron chi connectivity index (χ1n) is 8.52. The van der Waals surface area contributed by atoms with E-state index in [0.29, 0.717) is 24.7 Å². The number of carbonyl (C=O) groups is 1. The summed E-state index contributed by atoms with van der Waals surface area (Å²) in [7, 11) is 0. The van der Waals surface area contributed by atoms with Gasteiger partial charge < -0.3 is 15.2 Å². The molecule has 2 amide bonds. The van der Waals surface area contributed by atoms with E-state index in [2.05, 4.69) is 39.5 Å². The van der Waals surface area contributed by atoms with Gasteiger partial charge in [0, 0.05) is 19.0 Å². The summed E-state index contributed by atoms with van der Waals surface area (Å²) < 4.78 is 4.98. The quantitative estimate of drug-likeness (QED) is 0.840. The van der Waals surface area contributed by atoms with Crippen molar-refractivity contribution in [1.29, 1.82) is 0 Å². The molecule has 2 N–H and O–H groups in total. The van der Waals surface area contributed by atoms with Crippen molar-refractivity contribution in [1.82, 2.24) is 25.7 Å². The van der Waals surface area contributed by atoms with Crippen LogP contribution in [0.4, 0.5) is 4.79 Å². The molecule has 0 aliphatic carbocycles. The van der Waals surface area contributed by atoms with Crippen molar-refractivity contribution < 1.29 is 9.32 Å². The maximum atomic E-state index is 12.2. The Labute approximate surface area is 138 Å². The maximum absolute atomic E-state index is 12.2. The number of nitrogens with zero attached hydrogens (tertiary/aromatic N) is 3. The van der Waals surface area contributed by atoms with Crippen LogP contribution in [0.25, 0.3) is 0 Å². The topological polar surface area (TPSA) is 83.3 Å². The van der Waals surface area contributed by atoms with Gasteiger partial charge in [-0.25, -0.2) is 4.79 Å². The summed E-state index contributed by atoms with van der Waals surface area (Å²) >= 11 is 0. The van der Waals surface area contributed by atoms with Crippen LogP contribution in [0.3, 0.4) is 0 Å². The predicted octanol–water partition coefficient (Wildman–Crippen LogP) is 2.39. The molecule has 7 nitrogen and oxygen atoms in total. The van der Waals surface area contributed by atoms with Crippen LogP contribution in [0.2, 0.25) is 0 Å². The van der Waals surface area contributed by atoms with Gasteiger partial charge in [-0.05, 0) is 46.2 Å². The highest BCUT2D eigenvalue weighted by molar-refractivity contribution is 5.74. The minimum Gasteiger partial charge on any atom is -0.340 e. The van der Waals surface area contributed by atoms with Crippen molar-refractivity contribution in [3.05, 3.63) is 11.7 Å². The third kappa shape index (κ3) is 4.92. The lowest BCUT2D eigenvalue weighted by molar-refractivity contribution is 0.0958. The molecule has 2 rings (SSSR count). The molecule has 1 aromatic heterocycles. The Balaban J connectivity index is 1.83. The number of aromatic nitrogens is 2. The smallest absolute Gasteiger partial charge is 0.315 e. The standard InChI is InChI=1S/C16H29N5O2/c1-5-13(14-18-12(2)23-20-14)19-15(22)17-11-16(3,4)21-9-7-6-8-10-21/h13H,5-11H2,1-4H3,(H2,17,19,22). The molecular formula is C16H29N5O2. The zero-order chi connectivity index (χ0) is 16.9. The van der Waals surface area contributed by atoms with Crippen LogP contribution in [0.1, 0.15) is 64.2 Å². The number of piperidine rings is 1. The van der Waals surface area contributed by atoms with E-state index >= 15 is 0 Å². The molecule has 1 unspecified atom stereocenters. The monoisotopic (exact) mass is 323 g/mol. The fourth-order valence-electron chi connectivity index (χ4n) is 2.92. The molecule has 23 heavy (non-hydrogen) atoms. The van der Waals surface area contributed by atoms with E-state index in [0.717, 1.165) is 13.1 Å². The molecule has 0 spiro atoms. The van der Waals surface area contributed by atoms with Crippen LogP contribution < -0.4 is 10.6 Å². The number of hydrogen-bond donors (Lipinski definition) is 2. The van der Waals surface area contributed by atoms with E-state index in [4.69, 9.17) is 4.52 Å². The Kier molecular flexibility index (Phi) is 5.98. The second-order valence-corrected chi connectivity index (χ2v) is 6.82. The molecule has 0 bridgehead atoms. The van der Waals surface area contributed by atoms with Crippen LogP contribution in [0, 0.1) is 6.92 Å². The van der Waals surface area contributed by atoms with E-state index in [1.165, 1.54) is 19.3 Å². The van der Waals surface area contributed by atoms with Gasteiger partial charge in [0.05, 0.1) is 6.04 Å². The molecule has 2 heterocycles. The van der Waals surface area contributed by atoms with Gasteiger partial charge in [0.15, 0.2) is 5.82 Å². The number of likely N-dealkylation sites (tertiary alicyclic amines) is 1. The fraction of sp³-hybridized carbons (Fsp3) is 0.812. The number of rotatable bonds is 6. The molecule has 1 aliphatic heterocycles. The first-order valence-corrected chi connectivity index (χ1v) is 8.52. The van der Waals surface area contributed by atoms with Gasteiger partial charge in [0.25, 0.3) is 0 Å². The van der Waals surface area contributed by atoms with Gasteiger partial charge in [-0.15, -0.1) is 0 Å². The normalized spacial score (nSPS) is 17.7. The van der Waals surface area contributed by atoms with Crippen molar-refractivity contribution in [2.75, 3.05) is 19.6 Å². The molecule has 1 aromatic rings. The van der Waals surface area contributed by atoms with Crippen LogP contribution in [0.5, 0.6) is 0 Å². The minimum absolute atomic E-state index is 0.0395. The predicted molar refractivity (Wildman–Crippen MR) is 88.1 cm³/mol. The average molecular weight is 323 g/mol. The molecule has 7 heteroatoms. The van der Waals surface area contributed by atoms with Gasteiger partial charge in [0.2, 0.25) is 5.89 Å². The second-order valence-electron chi connectivity index (χ2n) is 6.82. The van der Waals surface area contributed by atoms with Gasteiger partial charge in [-0.3, -0.25) is 4.90 Å². The SMILES string of the molecule is CCC(NC(=O)NCC(C)(C)N1CCCCC1)c1noc(C)n1. The van der Waals surface area contributed by atoms with E-state index < -0.39 is 0 Å². The third-order valence-corrected chi connectivity index (χ3v) is 4.46. The van der Waals surface area contributed by atoms with Crippen molar-refractivity contribution in [2.45, 2.75) is 65.0 Å². The molecule has 1 fully saturated rings. The largest absolute Gasteiger partial charge is 0.340 e. The molecule has 130 valence electrons. The minimum atomic E-state index is -0.231. The van der Waals surface area contributed by atoms with Crippen molar-refractivity contribution >= 4 is 6.03 Å². The van der Waals surface area contributed by atoms with Gasteiger partial charge >= 0.3 is 6.03 Å². The second kappa shape index (κ2) is 7.77. The molecule has 1 atom stereocenters. The van der Waals surface area contributed by atoms with E-state index in [-0.39, 0.29) is 17.6 Å². The van der Waals surface area contributed by atoms with Crippen LogP contribution in [0.15, 0.2) is 4.52 Å². The van der Waals surface area contributed by atoms with Crippen molar-refractivity contribution in [2.24, 2.45) is 0 Å². The zero-order valence-electron chi connectivity index (χ0n) is 14.7. The first-order chi connectivity index (χ1) is 10.9. The van der Waals surface area contributed by atoms with Crippen molar-refractivity contribution in [3.8, 4) is 0 Å². The van der Waals surface area contributed by atoms with Gasteiger partial charge in [-0.2, -0.15) is 4.98 Å². The Morgan fingerprint density at radius 3 is 2.61 bits per heavy atom. The Hall–Kier alpha value is -1.63. The Morgan fingerprint density at radius 2 is 2.04 bits per heavy atom. The molecule has 1 aliphatic rings. The number of urea groups is 1. The number of aryl methyl sites for hydroxylation is 1. The van der Waals surface area contributed by atoms with Crippen molar-refractivity contribution in [3.63, 3.8) is 0 Å². The van der Waals surface area contributed by atoms with E-state index in [1.54, 1.807) is 6.92 Å². The summed E-state index contributed by atoms with van der Waals surface area (Å²) in [5.41, 5.74) is -0.0395.